The highest BCUT2D eigenvalue weighted by Crippen LogP contribution is 2.40. The lowest BCUT2D eigenvalue weighted by atomic mass is 10.0. The second kappa shape index (κ2) is 3.39. The minimum absolute atomic E-state index is 0.726. The SMILES string of the molecule is c1ccc([C@@H]2CC[C@H]3CCCN32)cc1. The van der Waals surface area contributed by atoms with Gasteiger partial charge in [-0.25, -0.2) is 0 Å². The Morgan fingerprint density at radius 2 is 1.86 bits per heavy atom. The third kappa shape index (κ3) is 1.27. The van der Waals surface area contributed by atoms with E-state index in [9.17, 15) is 0 Å². The molecule has 0 unspecified atom stereocenters. The molecular weight excluding hydrogens is 170 g/mol. The third-order valence-electron chi connectivity index (χ3n) is 3.78. The Morgan fingerprint density at radius 3 is 2.71 bits per heavy atom. The molecule has 2 heterocycles. The van der Waals surface area contributed by atoms with Crippen LogP contribution in [0.4, 0.5) is 0 Å². The van der Waals surface area contributed by atoms with Gasteiger partial charge in [0, 0.05) is 12.1 Å². The first-order chi connectivity index (χ1) is 6.95. The summed E-state index contributed by atoms with van der Waals surface area (Å²) in [5.41, 5.74) is 1.52. The molecule has 0 spiro atoms. The van der Waals surface area contributed by atoms with Crippen molar-refractivity contribution in [3.05, 3.63) is 35.9 Å². The third-order valence-corrected chi connectivity index (χ3v) is 3.78. The van der Waals surface area contributed by atoms with Gasteiger partial charge in [-0.2, -0.15) is 0 Å². The summed E-state index contributed by atoms with van der Waals surface area (Å²) in [4.78, 5) is 2.72. The Kier molecular flexibility index (Phi) is 2.06. The minimum atomic E-state index is 0.726. The molecule has 2 aliphatic heterocycles. The maximum Gasteiger partial charge on any atom is 0.0351 e. The number of hydrogen-bond acceptors (Lipinski definition) is 1. The predicted octanol–water partition coefficient (Wildman–Crippen LogP) is 2.99. The molecule has 2 fully saturated rings. The van der Waals surface area contributed by atoms with Crippen molar-refractivity contribution >= 4 is 0 Å². The zero-order chi connectivity index (χ0) is 9.38. The topological polar surface area (TPSA) is 3.24 Å². The van der Waals surface area contributed by atoms with Crippen molar-refractivity contribution in [2.24, 2.45) is 0 Å². The van der Waals surface area contributed by atoms with Crippen LogP contribution < -0.4 is 0 Å². The van der Waals surface area contributed by atoms with E-state index in [4.69, 9.17) is 0 Å². The molecule has 0 radical (unpaired) electrons. The predicted molar refractivity (Wildman–Crippen MR) is 58.1 cm³/mol. The summed E-state index contributed by atoms with van der Waals surface area (Å²) in [7, 11) is 0. The summed E-state index contributed by atoms with van der Waals surface area (Å²) in [6.45, 7) is 1.32. The average Bonchev–Trinajstić information content (AvgIpc) is 2.79. The van der Waals surface area contributed by atoms with Crippen LogP contribution in [0.1, 0.15) is 37.3 Å². The van der Waals surface area contributed by atoms with Gasteiger partial charge in [-0.3, -0.25) is 4.90 Å². The first-order valence-electron chi connectivity index (χ1n) is 5.76. The van der Waals surface area contributed by atoms with E-state index in [1.165, 1.54) is 37.8 Å². The van der Waals surface area contributed by atoms with Gasteiger partial charge in [0.25, 0.3) is 0 Å². The van der Waals surface area contributed by atoms with Crippen LogP contribution >= 0.6 is 0 Å². The van der Waals surface area contributed by atoms with Crippen LogP contribution in [-0.2, 0) is 0 Å². The number of benzene rings is 1. The maximum atomic E-state index is 2.72. The Morgan fingerprint density at radius 1 is 1.00 bits per heavy atom. The fourth-order valence-electron chi connectivity index (χ4n) is 3.13. The lowest BCUT2D eigenvalue weighted by Crippen LogP contribution is -2.25. The first-order valence-corrected chi connectivity index (χ1v) is 5.76. The molecule has 0 aliphatic carbocycles. The van der Waals surface area contributed by atoms with E-state index in [0.29, 0.717) is 0 Å². The molecule has 0 bridgehead atoms. The summed E-state index contributed by atoms with van der Waals surface area (Å²) in [5.74, 6) is 0. The van der Waals surface area contributed by atoms with Crippen LogP contribution in [0.3, 0.4) is 0 Å². The van der Waals surface area contributed by atoms with Gasteiger partial charge >= 0.3 is 0 Å². The van der Waals surface area contributed by atoms with Crippen molar-refractivity contribution in [3.63, 3.8) is 0 Å². The highest BCUT2D eigenvalue weighted by molar-refractivity contribution is 5.21. The fraction of sp³-hybridized carbons (Fsp3) is 0.538. The summed E-state index contributed by atoms with van der Waals surface area (Å²) < 4.78 is 0. The number of rotatable bonds is 1. The van der Waals surface area contributed by atoms with E-state index in [1.54, 1.807) is 0 Å². The highest BCUT2D eigenvalue weighted by Gasteiger charge is 2.36. The molecule has 14 heavy (non-hydrogen) atoms. The zero-order valence-corrected chi connectivity index (χ0v) is 8.52. The average molecular weight is 187 g/mol. The van der Waals surface area contributed by atoms with E-state index in [1.807, 2.05) is 0 Å². The van der Waals surface area contributed by atoms with Gasteiger partial charge in [0.1, 0.15) is 0 Å². The second-order valence-corrected chi connectivity index (χ2v) is 4.54. The van der Waals surface area contributed by atoms with E-state index in [0.717, 1.165) is 12.1 Å². The second-order valence-electron chi connectivity index (χ2n) is 4.54. The molecule has 1 aromatic carbocycles. The lowest BCUT2D eigenvalue weighted by Gasteiger charge is -2.23. The molecular formula is C13H17N. The van der Waals surface area contributed by atoms with E-state index < -0.39 is 0 Å². The molecule has 3 rings (SSSR count). The monoisotopic (exact) mass is 187 g/mol. The van der Waals surface area contributed by atoms with Crippen LogP contribution in [-0.4, -0.2) is 17.5 Å². The number of fused-ring (bicyclic) bond motifs is 1. The molecule has 2 saturated heterocycles. The van der Waals surface area contributed by atoms with Gasteiger partial charge in [0.05, 0.1) is 0 Å². The molecule has 1 aromatic rings. The standard InChI is InChI=1S/C13H17N/c1-2-5-11(6-3-1)13-9-8-12-7-4-10-14(12)13/h1-3,5-6,12-13H,4,7-10H2/t12-,13+/m1/s1. The van der Waals surface area contributed by atoms with Gasteiger partial charge in [0.15, 0.2) is 0 Å². The molecule has 0 amide bonds. The summed E-state index contributed by atoms with van der Waals surface area (Å²) in [6, 6.07) is 12.6. The number of hydrogen-bond donors (Lipinski definition) is 0. The van der Waals surface area contributed by atoms with Crippen molar-refractivity contribution in [1.29, 1.82) is 0 Å². The van der Waals surface area contributed by atoms with Crippen molar-refractivity contribution < 1.29 is 0 Å². The molecule has 0 aromatic heterocycles. The van der Waals surface area contributed by atoms with Gasteiger partial charge < -0.3 is 0 Å². The van der Waals surface area contributed by atoms with Crippen LogP contribution in [0.5, 0.6) is 0 Å². The molecule has 2 aliphatic rings. The summed E-state index contributed by atoms with van der Waals surface area (Å²) in [6.07, 6.45) is 5.63. The Hall–Kier alpha value is -0.820. The summed E-state index contributed by atoms with van der Waals surface area (Å²) in [5, 5.41) is 0. The smallest absolute Gasteiger partial charge is 0.0351 e. The van der Waals surface area contributed by atoms with Crippen LogP contribution in [0.25, 0.3) is 0 Å². The van der Waals surface area contributed by atoms with Crippen molar-refractivity contribution in [1.82, 2.24) is 4.90 Å². The van der Waals surface area contributed by atoms with Crippen molar-refractivity contribution in [3.8, 4) is 0 Å². The summed E-state index contributed by atoms with van der Waals surface area (Å²) >= 11 is 0. The molecule has 1 heteroatoms. The van der Waals surface area contributed by atoms with Crippen molar-refractivity contribution in [2.45, 2.75) is 37.8 Å². The Labute approximate surface area is 85.7 Å². The molecule has 1 nitrogen and oxygen atoms in total. The van der Waals surface area contributed by atoms with Gasteiger partial charge in [-0.05, 0) is 37.8 Å². The van der Waals surface area contributed by atoms with E-state index in [2.05, 4.69) is 35.2 Å². The lowest BCUT2D eigenvalue weighted by molar-refractivity contribution is 0.248. The van der Waals surface area contributed by atoms with E-state index >= 15 is 0 Å². The maximum absolute atomic E-state index is 2.72. The zero-order valence-electron chi connectivity index (χ0n) is 8.52. The molecule has 0 N–H and O–H groups in total. The van der Waals surface area contributed by atoms with E-state index in [-0.39, 0.29) is 0 Å². The largest absolute Gasteiger partial charge is 0.293 e. The Balaban J connectivity index is 1.86. The van der Waals surface area contributed by atoms with Crippen molar-refractivity contribution in [2.75, 3.05) is 6.54 Å². The molecule has 2 atom stereocenters. The minimum Gasteiger partial charge on any atom is -0.293 e. The van der Waals surface area contributed by atoms with Gasteiger partial charge in [-0.15, -0.1) is 0 Å². The normalized spacial score (nSPS) is 32.0. The Bertz CT molecular complexity index is 306. The quantitative estimate of drug-likeness (QED) is 0.653. The fourth-order valence-corrected chi connectivity index (χ4v) is 3.13. The van der Waals surface area contributed by atoms with Crippen LogP contribution in [0.15, 0.2) is 30.3 Å². The highest BCUT2D eigenvalue weighted by atomic mass is 15.2. The number of nitrogens with zero attached hydrogens (tertiary/aromatic N) is 1. The van der Waals surface area contributed by atoms with Crippen LogP contribution in [0.2, 0.25) is 0 Å². The van der Waals surface area contributed by atoms with Gasteiger partial charge in [-0.1, -0.05) is 30.3 Å². The first kappa shape index (κ1) is 8.49. The molecule has 74 valence electrons. The molecule has 0 saturated carbocycles. The van der Waals surface area contributed by atoms with Gasteiger partial charge in [0.2, 0.25) is 0 Å². The van der Waals surface area contributed by atoms with Crippen LogP contribution in [0, 0.1) is 0 Å².